The second kappa shape index (κ2) is 4.04. The van der Waals surface area contributed by atoms with Crippen LogP contribution in [0.2, 0.25) is 0 Å². The smallest absolute Gasteiger partial charge is 0.134 e. The zero-order valence-electron chi connectivity index (χ0n) is 9.95. The third kappa shape index (κ3) is 2.04. The van der Waals surface area contributed by atoms with E-state index in [2.05, 4.69) is 22.9 Å². The molecule has 2 fully saturated rings. The van der Waals surface area contributed by atoms with Crippen LogP contribution in [0.25, 0.3) is 0 Å². The van der Waals surface area contributed by atoms with Crippen molar-refractivity contribution in [1.29, 1.82) is 0 Å². The lowest BCUT2D eigenvalue weighted by molar-refractivity contribution is 0.571. The van der Waals surface area contributed by atoms with Gasteiger partial charge in [-0.2, -0.15) is 0 Å². The summed E-state index contributed by atoms with van der Waals surface area (Å²) in [5.74, 6) is 2.90. The van der Waals surface area contributed by atoms with Crippen LogP contribution in [-0.2, 0) is 0 Å². The average Bonchev–Trinajstić information content (AvgIpc) is 3.13. The topological polar surface area (TPSA) is 29.0 Å². The number of aryl methyl sites for hydroxylation is 1. The van der Waals surface area contributed by atoms with Crippen molar-refractivity contribution in [2.24, 2.45) is 0 Å². The van der Waals surface area contributed by atoms with Crippen LogP contribution in [0.3, 0.4) is 0 Å². The molecule has 1 saturated heterocycles. The molecule has 0 atom stereocenters. The van der Waals surface area contributed by atoms with Crippen molar-refractivity contribution in [2.75, 3.05) is 18.0 Å². The molecule has 3 rings (SSSR count). The van der Waals surface area contributed by atoms with Gasteiger partial charge in [-0.25, -0.2) is 9.97 Å². The van der Waals surface area contributed by atoms with Gasteiger partial charge >= 0.3 is 0 Å². The highest BCUT2D eigenvalue weighted by atomic mass is 15.2. The largest absolute Gasteiger partial charge is 0.357 e. The molecular weight excluding hydrogens is 198 g/mol. The molecular formula is C13H19N3. The van der Waals surface area contributed by atoms with E-state index in [4.69, 9.17) is 4.98 Å². The van der Waals surface area contributed by atoms with Crippen molar-refractivity contribution in [3.63, 3.8) is 0 Å². The molecule has 3 nitrogen and oxygen atoms in total. The highest BCUT2D eigenvalue weighted by Crippen LogP contribution is 2.38. The first-order chi connectivity index (χ1) is 7.83. The van der Waals surface area contributed by atoms with E-state index in [1.165, 1.54) is 45.2 Å². The molecule has 86 valence electrons. The third-order valence-electron chi connectivity index (χ3n) is 3.48. The third-order valence-corrected chi connectivity index (χ3v) is 3.48. The maximum atomic E-state index is 4.73. The van der Waals surface area contributed by atoms with Crippen LogP contribution in [0.1, 0.15) is 49.5 Å². The summed E-state index contributed by atoms with van der Waals surface area (Å²) in [6.07, 6.45) is 6.55. The highest BCUT2D eigenvalue weighted by Gasteiger charge is 2.27. The highest BCUT2D eigenvalue weighted by molar-refractivity contribution is 5.40. The minimum absolute atomic E-state index is 0.656. The van der Waals surface area contributed by atoms with Crippen molar-refractivity contribution in [3.8, 4) is 0 Å². The van der Waals surface area contributed by atoms with E-state index >= 15 is 0 Å². The molecule has 1 aromatic heterocycles. The Bertz CT molecular complexity index is 379. The van der Waals surface area contributed by atoms with Crippen LogP contribution < -0.4 is 4.90 Å². The van der Waals surface area contributed by atoms with Crippen molar-refractivity contribution >= 4 is 5.82 Å². The molecule has 1 aliphatic heterocycles. The van der Waals surface area contributed by atoms with Gasteiger partial charge in [0.25, 0.3) is 0 Å². The van der Waals surface area contributed by atoms with E-state index in [1.807, 2.05) is 0 Å². The summed E-state index contributed by atoms with van der Waals surface area (Å²) in [5.41, 5.74) is 1.12. The molecule has 0 spiro atoms. The van der Waals surface area contributed by atoms with Gasteiger partial charge in [-0.15, -0.1) is 0 Å². The van der Waals surface area contributed by atoms with E-state index in [0.29, 0.717) is 5.92 Å². The van der Waals surface area contributed by atoms with Gasteiger partial charge in [0, 0.05) is 30.8 Å². The summed E-state index contributed by atoms with van der Waals surface area (Å²) >= 11 is 0. The van der Waals surface area contributed by atoms with Crippen molar-refractivity contribution in [3.05, 3.63) is 17.6 Å². The normalized spacial score (nSPS) is 21.2. The van der Waals surface area contributed by atoms with Gasteiger partial charge in [0.2, 0.25) is 0 Å². The van der Waals surface area contributed by atoms with Gasteiger partial charge in [-0.05, 0) is 39.0 Å². The van der Waals surface area contributed by atoms with Gasteiger partial charge in [0.15, 0.2) is 0 Å². The Hall–Kier alpha value is -1.12. The molecule has 0 N–H and O–H groups in total. The molecule has 2 aliphatic rings. The van der Waals surface area contributed by atoms with Crippen LogP contribution in [0, 0.1) is 6.92 Å². The minimum atomic E-state index is 0.656. The Kier molecular flexibility index (Phi) is 2.54. The van der Waals surface area contributed by atoms with Crippen molar-refractivity contribution < 1.29 is 0 Å². The molecule has 0 aromatic carbocycles. The van der Waals surface area contributed by atoms with E-state index in [-0.39, 0.29) is 0 Å². The molecule has 1 aromatic rings. The quantitative estimate of drug-likeness (QED) is 0.762. The van der Waals surface area contributed by atoms with Crippen LogP contribution >= 0.6 is 0 Å². The zero-order chi connectivity index (χ0) is 11.0. The monoisotopic (exact) mass is 217 g/mol. The van der Waals surface area contributed by atoms with Crippen LogP contribution in [0.5, 0.6) is 0 Å². The number of hydrogen-bond acceptors (Lipinski definition) is 3. The standard InChI is InChI=1S/C13H19N3/c1-10-9-12(16-7-3-2-4-8-16)15-13(14-10)11-5-6-11/h9,11H,2-8H2,1H3. The second-order valence-corrected chi connectivity index (χ2v) is 5.05. The van der Waals surface area contributed by atoms with Crippen molar-refractivity contribution in [2.45, 2.75) is 44.9 Å². The van der Waals surface area contributed by atoms with Gasteiger partial charge < -0.3 is 4.90 Å². The number of anilines is 1. The summed E-state index contributed by atoms with van der Waals surface area (Å²) in [6, 6.07) is 2.14. The van der Waals surface area contributed by atoms with E-state index in [9.17, 15) is 0 Å². The lowest BCUT2D eigenvalue weighted by atomic mass is 10.1. The number of nitrogens with zero attached hydrogens (tertiary/aromatic N) is 3. The molecule has 0 amide bonds. The molecule has 3 heteroatoms. The van der Waals surface area contributed by atoms with E-state index in [0.717, 1.165) is 17.3 Å². The molecule has 1 aliphatic carbocycles. The molecule has 1 saturated carbocycles. The van der Waals surface area contributed by atoms with E-state index in [1.54, 1.807) is 0 Å². The molecule has 0 unspecified atom stereocenters. The Morgan fingerprint density at radius 1 is 1.12 bits per heavy atom. The number of rotatable bonds is 2. The molecule has 16 heavy (non-hydrogen) atoms. The molecule has 2 heterocycles. The van der Waals surface area contributed by atoms with Crippen LogP contribution in [-0.4, -0.2) is 23.1 Å². The fourth-order valence-corrected chi connectivity index (χ4v) is 2.38. The van der Waals surface area contributed by atoms with Crippen molar-refractivity contribution in [1.82, 2.24) is 9.97 Å². The predicted octanol–water partition coefficient (Wildman–Crippen LogP) is 2.65. The first-order valence-corrected chi connectivity index (χ1v) is 6.43. The Morgan fingerprint density at radius 2 is 1.88 bits per heavy atom. The van der Waals surface area contributed by atoms with E-state index < -0.39 is 0 Å². The summed E-state index contributed by atoms with van der Waals surface area (Å²) in [5, 5.41) is 0. The Labute approximate surface area is 96.9 Å². The first-order valence-electron chi connectivity index (χ1n) is 6.43. The van der Waals surface area contributed by atoms with Gasteiger partial charge in [0.1, 0.15) is 11.6 Å². The fourth-order valence-electron chi connectivity index (χ4n) is 2.38. The van der Waals surface area contributed by atoms with Gasteiger partial charge in [-0.1, -0.05) is 0 Å². The number of hydrogen-bond donors (Lipinski definition) is 0. The lowest BCUT2D eigenvalue weighted by Crippen LogP contribution is -2.30. The first kappa shape index (κ1) is 10.1. The van der Waals surface area contributed by atoms with Gasteiger partial charge in [0.05, 0.1) is 0 Å². The summed E-state index contributed by atoms with van der Waals surface area (Å²) in [4.78, 5) is 11.7. The number of piperidine rings is 1. The van der Waals surface area contributed by atoms with Crippen LogP contribution in [0.4, 0.5) is 5.82 Å². The maximum absolute atomic E-state index is 4.73. The zero-order valence-corrected chi connectivity index (χ0v) is 9.95. The summed E-state index contributed by atoms with van der Waals surface area (Å²) < 4.78 is 0. The molecule has 0 radical (unpaired) electrons. The lowest BCUT2D eigenvalue weighted by Gasteiger charge is -2.28. The Morgan fingerprint density at radius 3 is 2.56 bits per heavy atom. The second-order valence-electron chi connectivity index (χ2n) is 5.05. The maximum Gasteiger partial charge on any atom is 0.134 e. The average molecular weight is 217 g/mol. The van der Waals surface area contributed by atoms with Crippen LogP contribution in [0.15, 0.2) is 6.07 Å². The number of aromatic nitrogens is 2. The predicted molar refractivity (Wildman–Crippen MR) is 64.8 cm³/mol. The minimum Gasteiger partial charge on any atom is -0.357 e. The summed E-state index contributed by atoms with van der Waals surface area (Å²) in [7, 11) is 0. The molecule has 0 bridgehead atoms. The van der Waals surface area contributed by atoms with Gasteiger partial charge in [-0.3, -0.25) is 0 Å². The SMILES string of the molecule is Cc1cc(N2CCCCC2)nc(C2CC2)n1. The summed E-state index contributed by atoms with van der Waals surface area (Å²) in [6.45, 7) is 4.42. The Balaban J connectivity index is 1.86. The fraction of sp³-hybridized carbons (Fsp3) is 0.692.